The fourth-order valence-corrected chi connectivity index (χ4v) is 2.00. The van der Waals surface area contributed by atoms with Crippen LogP contribution in [-0.2, 0) is 14.3 Å². The van der Waals surface area contributed by atoms with Crippen molar-refractivity contribution in [3.63, 3.8) is 0 Å². The van der Waals surface area contributed by atoms with Crippen molar-refractivity contribution in [3.8, 4) is 0 Å². The average Bonchev–Trinajstić information content (AvgIpc) is 2.52. The Labute approximate surface area is 156 Å². The summed E-state index contributed by atoms with van der Waals surface area (Å²) in [4.78, 5) is 17.3. The van der Waals surface area contributed by atoms with E-state index in [9.17, 15) is 4.79 Å². The Bertz CT molecular complexity index is 348. The fourth-order valence-electron chi connectivity index (χ4n) is 2.00. The first kappa shape index (κ1) is 22.4. The fraction of sp³-hybridized carbons (Fsp3) is 0.867. The van der Waals surface area contributed by atoms with Crippen molar-refractivity contribution in [3.05, 3.63) is 0 Å². The number of nitrogens with one attached hydrogen (secondary N) is 2. The Morgan fingerprint density at radius 1 is 1.30 bits per heavy atom. The number of halogens is 1. The van der Waals surface area contributed by atoms with E-state index in [1.807, 2.05) is 6.92 Å². The lowest BCUT2D eigenvalue weighted by Gasteiger charge is -2.22. The second kappa shape index (κ2) is 13.8. The number of amides is 1. The summed E-state index contributed by atoms with van der Waals surface area (Å²) >= 11 is 0. The minimum absolute atomic E-state index is 0. The van der Waals surface area contributed by atoms with Gasteiger partial charge in [-0.25, -0.2) is 4.99 Å². The largest absolute Gasteiger partial charge is 0.381 e. The molecule has 1 fully saturated rings. The normalized spacial score (nSPS) is 15.7. The van der Waals surface area contributed by atoms with Gasteiger partial charge in [-0.3, -0.25) is 4.79 Å². The van der Waals surface area contributed by atoms with Gasteiger partial charge in [0.1, 0.15) is 6.54 Å². The maximum Gasteiger partial charge on any atom is 0.243 e. The monoisotopic (exact) mass is 442 g/mol. The van der Waals surface area contributed by atoms with E-state index >= 15 is 0 Å². The summed E-state index contributed by atoms with van der Waals surface area (Å²) in [5.41, 5.74) is 0. The third-order valence-corrected chi connectivity index (χ3v) is 3.35. The second-order valence-corrected chi connectivity index (χ2v) is 5.45. The summed E-state index contributed by atoms with van der Waals surface area (Å²) < 4.78 is 11.1. The summed E-state index contributed by atoms with van der Waals surface area (Å²) in [5, 5.41) is 6.34. The number of carbonyl (C=O) groups excluding carboxylic acids is 1. The predicted molar refractivity (Wildman–Crippen MR) is 103 cm³/mol. The standard InChI is InChI=1S/C15H30N4O3.HI/c1-4-16-15(18-12-14(20)19(2)3)17-8-5-9-22-13-6-10-21-11-7-13;/h13H,4-12H2,1-3H3,(H2,16,17,18);1H. The predicted octanol–water partition coefficient (Wildman–Crippen LogP) is 0.833. The third-order valence-electron chi connectivity index (χ3n) is 3.35. The molecule has 0 spiro atoms. The van der Waals surface area contributed by atoms with Gasteiger partial charge in [-0.15, -0.1) is 24.0 Å². The number of hydrogen-bond donors (Lipinski definition) is 2. The van der Waals surface area contributed by atoms with E-state index < -0.39 is 0 Å². The van der Waals surface area contributed by atoms with Crippen LogP contribution in [-0.4, -0.2) is 76.4 Å². The Balaban J connectivity index is 0.00000484. The van der Waals surface area contributed by atoms with Crippen molar-refractivity contribution in [1.29, 1.82) is 0 Å². The molecule has 0 radical (unpaired) electrons. The number of likely N-dealkylation sites (N-methyl/N-ethyl adjacent to an activating group) is 1. The van der Waals surface area contributed by atoms with Crippen molar-refractivity contribution >= 4 is 35.8 Å². The van der Waals surface area contributed by atoms with Gasteiger partial charge < -0.3 is 25.0 Å². The van der Waals surface area contributed by atoms with E-state index in [0.29, 0.717) is 12.1 Å². The molecule has 1 aliphatic rings. The number of carbonyl (C=O) groups is 1. The Kier molecular flexibility index (Phi) is 13.4. The summed E-state index contributed by atoms with van der Waals surface area (Å²) in [6.07, 6.45) is 3.23. The lowest BCUT2D eigenvalue weighted by Crippen LogP contribution is -2.39. The molecule has 0 aromatic carbocycles. The lowest BCUT2D eigenvalue weighted by molar-refractivity contribution is -0.127. The molecule has 7 nitrogen and oxygen atoms in total. The molecule has 0 aliphatic carbocycles. The van der Waals surface area contributed by atoms with Crippen molar-refractivity contribution < 1.29 is 14.3 Å². The summed E-state index contributed by atoms with van der Waals surface area (Å²) in [6, 6.07) is 0. The van der Waals surface area contributed by atoms with Gasteiger partial charge in [0, 0.05) is 47.0 Å². The number of rotatable bonds is 8. The molecule has 0 atom stereocenters. The molecule has 23 heavy (non-hydrogen) atoms. The zero-order valence-electron chi connectivity index (χ0n) is 14.5. The van der Waals surface area contributed by atoms with Crippen molar-refractivity contribution in [2.45, 2.75) is 32.3 Å². The highest BCUT2D eigenvalue weighted by Gasteiger charge is 2.13. The molecule has 1 saturated heterocycles. The van der Waals surface area contributed by atoms with Gasteiger partial charge in [0.05, 0.1) is 6.10 Å². The first-order valence-corrected chi connectivity index (χ1v) is 8.05. The van der Waals surface area contributed by atoms with E-state index in [1.54, 1.807) is 14.1 Å². The number of hydrogen-bond acceptors (Lipinski definition) is 4. The lowest BCUT2D eigenvalue weighted by atomic mass is 10.1. The third kappa shape index (κ3) is 10.7. The molecule has 1 amide bonds. The van der Waals surface area contributed by atoms with E-state index in [2.05, 4.69) is 15.6 Å². The highest BCUT2D eigenvalue weighted by Crippen LogP contribution is 2.10. The summed E-state index contributed by atoms with van der Waals surface area (Å²) in [7, 11) is 3.46. The molecule has 0 bridgehead atoms. The second-order valence-electron chi connectivity index (χ2n) is 5.45. The van der Waals surface area contributed by atoms with Gasteiger partial charge in [-0.2, -0.15) is 0 Å². The molecule has 1 aliphatic heterocycles. The SMILES string of the molecule is CCNC(=NCC(=O)N(C)C)NCCCOC1CCOCC1.I. The zero-order valence-corrected chi connectivity index (χ0v) is 16.8. The van der Waals surface area contributed by atoms with Crippen LogP contribution < -0.4 is 10.6 Å². The van der Waals surface area contributed by atoms with Crippen molar-refractivity contribution in [2.24, 2.45) is 4.99 Å². The Morgan fingerprint density at radius 3 is 2.61 bits per heavy atom. The van der Waals surface area contributed by atoms with E-state index in [4.69, 9.17) is 9.47 Å². The molecule has 1 rings (SSSR count). The zero-order chi connectivity index (χ0) is 16.2. The van der Waals surface area contributed by atoms with E-state index in [0.717, 1.165) is 52.2 Å². The highest BCUT2D eigenvalue weighted by atomic mass is 127. The van der Waals surface area contributed by atoms with Crippen LogP contribution in [0.3, 0.4) is 0 Å². The van der Waals surface area contributed by atoms with Crippen LogP contribution in [0.15, 0.2) is 4.99 Å². The molecule has 2 N–H and O–H groups in total. The minimum atomic E-state index is -0.0138. The van der Waals surface area contributed by atoms with Crippen LogP contribution in [0.1, 0.15) is 26.2 Å². The van der Waals surface area contributed by atoms with E-state index in [1.165, 1.54) is 4.90 Å². The number of aliphatic imine (C=N–C) groups is 1. The molecule has 0 unspecified atom stereocenters. The first-order valence-electron chi connectivity index (χ1n) is 8.05. The van der Waals surface area contributed by atoms with Gasteiger partial charge in [-0.1, -0.05) is 0 Å². The quantitative estimate of drug-likeness (QED) is 0.252. The van der Waals surface area contributed by atoms with Gasteiger partial charge in [0.15, 0.2) is 5.96 Å². The van der Waals surface area contributed by atoms with Gasteiger partial charge in [0.25, 0.3) is 0 Å². The molecule has 1 heterocycles. The molecular formula is C15H31IN4O3. The van der Waals surface area contributed by atoms with Crippen LogP contribution in [0, 0.1) is 0 Å². The minimum Gasteiger partial charge on any atom is -0.381 e. The van der Waals surface area contributed by atoms with Crippen LogP contribution in [0.25, 0.3) is 0 Å². The van der Waals surface area contributed by atoms with Crippen molar-refractivity contribution in [1.82, 2.24) is 15.5 Å². The molecular weight excluding hydrogens is 411 g/mol. The molecule has 8 heteroatoms. The maximum absolute atomic E-state index is 11.5. The Hall–Kier alpha value is -0.610. The number of nitrogens with zero attached hydrogens (tertiary/aromatic N) is 2. The van der Waals surface area contributed by atoms with Crippen LogP contribution in [0.5, 0.6) is 0 Å². The van der Waals surface area contributed by atoms with Crippen LogP contribution >= 0.6 is 24.0 Å². The van der Waals surface area contributed by atoms with Crippen LogP contribution in [0.4, 0.5) is 0 Å². The van der Waals surface area contributed by atoms with Gasteiger partial charge in [-0.05, 0) is 26.2 Å². The topological polar surface area (TPSA) is 75.2 Å². The molecule has 0 saturated carbocycles. The van der Waals surface area contributed by atoms with Gasteiger partial charge >= 0.3 is 0 Å². The molecule has 0 aromatic heterocycles. The summed E-state index contributed by atoms with van der Waals surface area (Å²) in [6.45, 7) is 6.03. The van der Waals surface area contributed by atoms with Crippen LogP contribution in [0.2, 0.25) is 0 Å². The first-order chi connectivity index (χ1) is 10.6. The maximum atomic E-state index is 11.5. The van der Waals surface area contributed by atoms with E-state index in [-0.39, 0.29) is 36.4 Å². The summed E-state index contributed by atoms with van der Waals surface area (Å²) in [5.74, 6) is 0.656. The van der Waals surface area contributed by atoms with Gasteiger partial charge in [0.2, 0.25) is 5.91 Å². The molecule has 136 valence electrons. The molecule has 0 aromatic rings. The average molecular weight is 442 g/mol. The Morgan fingerprint density at radius 2 is 2.00 bits per heavy atom. The number of ether oxygens (including phenoxy) is 2. The van der Waals surface area contributed by atoms with Crippen molar-refractivity contribution in [2.75, 3.05) is 53.6 Å². The highest BCUT2D eigenvalue weighted by molar-refractivity contribution is 14.0. The number of guanidine groups is 1. The smallest absolute Gasteiger partial charge is 0.243 e.